The van der Waals surface area contributed by atoms with Crippen molar-refractivity contribution in [2.45, 2.75) is 70.8 Å². The molecule has 1 aliphatic carbocycles. The van der Waals surface area contributed by atoms with Crippen LogP contribution in [0.5, 0.6) is 0 Å². The lowest BCUT2D eigenvalue weighted by atomic mass is 9.90. The van der Waals surface area contributed by atoms with Gasteiger partial charge in [0.15, 0.2) is 0 Å². The molecule has 1 atom stereocenters. The van der Waals surface area contributed by atoms with Gasteiger partial charge >= 0.3 is 0 Å². The normalized spacial score (nSPS) is 20.4. The van der Waals surface area contributed by atoms with E-state index in [9.17, 15) is 4.79 Å². The molecule has 0 spiro atoms. The summed E-state index contributed by atoms with van der Waals surface area (Å²) in [5.74, 6) is 0.472. The van der Waals surface area contributed by atoms with Gasteiger partial charge in [0, 0.05) is 12.5 Å². The molecule has 1 fully saturated rings. The lowest BCUT2D eigenvalue weighted by Crippen LogP contribution is -2.32. The highest BCUT2D eigenvalue weighted by Gasteiger charge is 2.18. The molecular formula is C14H27NO2. The first kappa shape index (κ1) is 14.5. The van der Waals surface area contributed by atoms with E-state index in [1.807, 2.05) is 0 Å². The fourth-order valence-electron chi connectivity index (χ4n) is 2.47. The average Bonchev–Trinajstić information content (AvgIpc) is 2.23. The first-order valence-corrected chi connectivity index (χ1v) is 7.16. The van der Waals surface area contributed by atoms with Crippen LogP contribution in [0, 0.1) is 5.92 Å². The highest BCUT2D eigenvalue weighted by molar-refractivity contribution is 5.78. The van der Waals surface area contributed by atoms with Crippen molar-refractivity contribution < 1.29 is 9.90 Å². The predicted octanol–water partition coefficient (Wildman–Crippen LogP) is 2.62. The number of carbonyl (C=O) groups excluding carboxylic acids is 1. The first-order valence-electron chi connectivity index (χ1n) is 7.16. The van der Waals surface area contributed by atoms with Crippen LogP contribution in [0.1, 0.15) is 64.7 Å². The summed E-state index contributed by atoms with van der Waals surface area (Å²) in [4.78, 5) is 11.9. The average molecular weight is 241 g/mol. The monoisotopic (exact) mass is 241 g/mol. The van der Waals surface area contributed by atoms with Crippen molar-refractivity contribution in [1.29, 1.82) is 0 Å². The number of carbonyl (C=O) groups is 1. The van der Waals surface area contributed by atoms with Crippen molar-refractivity contribution in [2.75, 3.05) is 6.54 Å². The Morgan fingerprint density at radius 3 is 2.41 bits per heavy atom. The van der Waals surface area contributed by atoms with Crippen LogP contribution in [-0.4, -0.2) is 23.7 Å². The zero-order valence-electron chi connectivity index (χ0n) is 11.1. The molecule has 3 nitrogen and oxygen atoms in total. The Labute approximate surface area is 105 Å². The van der Waals surface area contributed by atoms with Crippen LogP contribution >= 0.6 is 0 Å². The second-order valence-electron chi connectivity index (χ2n) is 5.32. The highest BCUT2D eigenvalue weighted by Crippen LogP contribution is 2.22. The minimum absolute atomic E-state index is 0.234. The molecule has 1 rings (SSSR count). The predicted molar refractivity (Wildman–Crippen MR) is 69.7 cm³/mol. The largest absolute Gasteiger partial charge is 0.393 e. The minimum Gasteiger partial charge on any atom is -0.393 e. The first-order chi connectivity index (χ1) is 8.20. The number of amides is 1. The van der Waals surface area contributed by atoms with E-state index in [1.54, 1.807) is 6.92 Å². The lowest BCUT2D eigenvalue weighted by molar-refractivity contribution is -0.125. The molecule has 0 radical (unpaired) electrons. The van der Waals surface area contributed by atoms with Gasteiger partial charge in [0.2, 0.25) is 5.91 Å². The fourth-order valence-corrected chi connectivity index (χ4v) is 2.47. The van der Waals surface area contributed by atoms with Gasteiger partial charge in [0.1, 0.15) is 0 Å². The van der Waals surface area contributed by atoms with Crippen LogP contribution < -0.4 is 5.32 Å². The van der Waals surface area contributed by atoms with Gasteiger partial charge in [-0.05, 0) is 32.6 Å². The Bertz CT molecular complexity index is 208. The summed E-state index contributed by atoms with van der Waals surface area (Å²) < 4.78 is 0. The summed E-state index contributed by atoms with van der Waals surface area (Å²) in [6.07, 6.45) is 9.80. The van der Waals surface area contributed by atoms with Gasteiger partial charge in [-0.25, -0.2) is 0 Å². The molecule has 1 saturated carbocycles. The number of aliphatic hydroxyl groups is 1. The van der Waals surface area contributed by atoms with Crippen molar-refractivity contribution in [3.05, 3.63) is 0 Å². The van der Waals surface area contributed by atoms with Gasteiger partial charge in [0.05, 0.1) is 6.10 Å². The molecule has 1 amide bonds. The van der Waals surface area contributed by atoms with Crippen LogP contribution in [0.15, 0.2) is 0 Å². The second-order valence-corrected chi connectivity index (χ2v) is 5.32. The smallest absolute Gasteiger partial charge is 0.223 e. The number of aliphatic hydroxyl groups excluding tert-OH is 1. The van der Waals surface area contributed by atoms with E-state index in [1.165, 1.54) is 32.1 Å². The van der Waals surface area contributed by atoms with Crippen molar-refractivity contribution in [2.24, 2.45) is 5.92 Å². The van der Waals surface area contributed by atoms with Crippen LogP contribution in [-0.2, 0) is 4.79 Å². The maximum atomic E-state index is 11.9. The van der Waals surface area contributed by atoms with Gasteiger partial charge in [-0.3, -0.25) is 4.79 Å². The Kier molecular flexibility index (Phi) is 7.25. The third kappa shape index (κ3) is 6.67. The van der Waals surface area contributed by atoms with Gasteiger partial charge in [-0.1, -0.05) is 32.1 Å². The van der Waals surface area contributed by atoms with Crippen LogP contribution in [0.25, 0.3) is 0 Å². The third-order valence-corrected chi connectivity index (χ3v) is 3.57. The van der Waals surface area contributed by atoms with E-state index >= 15 is 0 Å². The standard InChI is InChI=1S/C14H27NO2/c1-12(16)8-7-11-15-14(17)13-9-5-3-2-4-6-10-13/h12-13,16H,2-11H2,1H3,(H,15,17). The van der Waals surface area contributed by atoms with Crippen LogP contribution in [0.2, 0.25) is 0 Å². The summed E-state index contributed by atoms with van der Waals surface area (Å²) in [6.45, 7) is 2.50. The second kappa shape index (κ2) is 8.51. The molecule has 0 aromatic rings. The summed E-state index contributed by atoms with van der Waals surface area (Å²) in [5.41, 5.74) is 0. The van der Waals surface area contributed by atoms with Gasteiger partial charge in [-0.2, -0.15) is 0 Å². The molecular weight excluding hydrogens is 214 g/mol. The van der Waals surface area contributed by atoms with Gasteiger partial charge < -0.3 is 10.4 Å². The van der Waals surface area contributed by atoms with Crippen molar-refractivity contribution >= 4 is 5.91 Å². The van der Waals surface area contributed by atoms with E-state index in [0.29, 0.717) is 6.54 Å². The van der Waals surface area contributed by atoms with Crippen molar-refractivity contribution in [1.82, 2.24) is 5.32 Å². The minimum atomic E-state index is -0.256. The van der Waals surface area contributed by atoms with E-state index in [4.69, 9.17) is 5.11 Å². The highest BCUT2D eigenvalue weighted by atomic mass is 16.3. The quantitative estimate of drug-likeness (QED) is 0.727. The van der Waals surface area contributed by atoms with Crippen LogP contribution in [0.4, 0.5) is 0 Å². The number of hydrogen-bond donors (Lipinski definition) is 2. The maximum absolute atomic E-state index is 11.9. The molecule has 3 heteroatoms. The summed E-state index contributed by atoms with van der Waals surface area (Å²) in [5, 5.41) is 12.1. The molecule has 0 aromatic heterocycles. The molecule has 17 heavy (non-hydrogen) atoms. The van der Waals surface area contributed by atoms with Crippen molar-refractivity contribution in [3.8, 4) is 0 Å². The van der Waals surface area contributed by atoms with E-state index in [2.05, 4.69) is 5.32 Å². The van der Waals surface area contributed by atoms with E-state index in [-0.39, 0.29) is 17.9 Å². The summed E-state index contributed by atoms with van der Waals surface area (Å²) >= 11 is 0. The molecule has 100 valence electrons. The Morgan fingerprint density at radius 1 is 1.24 bits per heavy atom. The number of nitrogens with one attached hydrogen (secondary N) is 1. The molecule has 0 bridgehead atoms. The summed E-state index contributed by atoms with van der Waals surface area (Å²) in [7, 11) is 0. The SMILES string of the molecule is CC(O)CCCNC(=O)C1CCCCCCC1. The summed E-state index contributed by atoms with van der Waals surface area (Å²) in [6, 6.07) is 0. The van der Waals surface area contributed by atoms with E-state index in [0.717, 1.165) is 25.7 Å². The molecule has 1 unspecified atom stereocenters. The number of rotatable bonds is 5. The Hall–Kier alpha value is -0.570. The Balaban J connectivity index is 2.16. The molecule has 0 heterocycles. The molecule has 0 aliphatic heterocycles. The van der Waals surface area contributed by atoms with Gasteiger partial charge in [-0.15, -0.1) is 0 Å². The Morgan fingerprint density at radius 2 is 1.82 bits per heavy atom. The zero-order chi connectivity index (χ0) is 12.5. The maximum Gasteiger partial charge on any atom is 0.223 e. The van der Waals surface area contributed by atoms with E-state index < -0.39 is 0 Å². The molecule has 2 N–H and O–H groups in total. The fraction of sp³-hybridized carbons (Fsp3) is 0.929. The van der Waals surface area contributed by atoms with Crippen molar-refractivity contribution in [3.63, 3.8) is 0 Å². The number of hydrogen-bond acceptors (Lipinski definition) is 2. The molecule has 0 aromatic carbocycles. The molecule has 1 aliphatic rings. The lowest BCUT2D eigenvalue weighted by Gasteiger charge is -2.19. The van der Waals surface area contributed by atoms with Crippen LogP contribution in [0.3, 0.4) is 0 Å². The zero-order valence-corrected chi connectivity index (χ0v) is 11.1. The van der Waals surface area contributed by atoms with Gasteiger partial charge in [0.25, 0.3) is 0 Å². The molecule has 0 saturated heterocycles. The topological polar surface area (TPSA) is 49.3 Å². The third-order valence-electron chi connectivity index (χ3n) is 3.57.